The fourth-order valence-electron chi connectivity index (χ4n) is 3.19. The van der Waals surface area contributed by atoms with Gasteiger partial charge >= 0.3 is 0 Å². The molecule has 0 aliphatic carbocycles. The van der Waals surface area contributed by atoms with Crippen LogP contribution in [-0.4, -0.2) is 46.4 Å². The van der Waals surface area contributed by atoms with Gasteiger partial charge in [-0.05, 0) is 44.5 Å². The second-order valence-corrected chi connectivity index (χ2v) is 7.18. The Kier molecular flexibility index (Phi) is 7.70. The van der Waals surface area contributed by atoms with Crippen LogP contribution >= 0.6 is 23.7 Å². The standard InChI is InChI=1S/C18H22N4O3S.ClH/c1-2-11-21(14-7-9-19-10-8-14)18(23)16-12-26-17(20-16)13-3-5-15(6-4-13)22(24)25;/h3-6,12,14,19H,2,7-11H2,1H3;1H. The number of nitrogens with one attached hydrogen (secondary N) is 1. The maximum Gasteiger partial charge on any atom is 0.273 e. The van der Waals surface area contributed by atoms with Crippen molar-refractivity contribution < 1.29 is 9.72 Å². The van der Waals surface area contributed by atoms with Crippen LogP contribution in [-0.2, 0) is 0 Å². The number of carbonyl (C=O) groups is 1. The molecule has 7 nitrogen and oxygen atoms in total. The number of hydrogen-bond donors (Lipinski definition) is 1. The zero-order chi connectivity index (χ0) is 18.5. The molecule has 0 unspecified atom stereocenters. The minimum absolute atomic E-state index is 0. The van der Waals surface area contributed by atoms with Crippen molar-refractivity contribution in [2.45, 2.75) is 32.2 Å². The van der Waals surface area contributed by atoms with Gasteiger partial charge in [-0.2, -0.15) is 0 Å². The van der Waals surface area contributed by atoms with Crippen molar-refractivity contribution in [2.24, 2.45) is 0 Å². The van der Waals surface area contributed by atoms with E-state index < -0.39 is 4.92 Å². The van der Waals surface area contributed by atoms with Gasteiger partial charge in [0.05, 0.1) is 4.92 Å². The topological polar surface area (TPSA) is 88.4 Å². The Labute approximate surface area is 168 Å². The number of nitro groups is 1. The third kappa shape index (κ3) is 5.03. The Morgan fingerprint density at radius 3 is 2.59 bits per heavy atom. The van der Waals surface area contributed by atoms with Gasteiger partial charge in [-0.25, -0.2) is 4.98 Å². The summed E-state index contributed by atoms with van der Waals surface area (Å²) in [5.74, 6) is -0.0249. The summed E-state index contributed by atoms with van der Waals surface area (Å²) in [6, 6.07) is 6.50. The first-order valence-corrected chi connectivity index (χ1v) is 9.70. The van der Waals surface area contributed by atoms with Gasteiger partial charge in [-0.1, -0.05) is 6.92 Å². The Morgan fingerprint density at radius 2 is 2.00 bits per heavy atom. The molecular weight excluding hydrogens is 388 g/mol. The summed E-state index contributed by atoms with van der Waals surface area (Å²) < 4.78 is 0. The van der Waals surface area contributed by atoms with Gasteiger partial charge in [0.1, 0.15) is 10.7 Å². The molecular formula is C18H23ClN4O3S. The van der Waals surface area contributed by atoms with E-state index in [4.69, 9.17) is 0 Å². The largest absolute Gasteiger partial charge is 0.334 e. The first kappa shape index (κ1) is 21.3. The maximum absolute atomic E-state index is 13.0. The van der Waals surface area contributed by atoms with Crippen molar-refractivity contribution in [3.05, 3.63) is 45.5 Å². The van der Waals surface area contributed by atoms with Crippen LogP contribution in [0.1, 0.15) is 36.7 Å². The molecule has 146 valence electrons. The summed E-state index contributed by atoms with van der Waals surface area (Å²) in [5.41, 5.74) is 1.28. The Morgan fingerprint density at radius 1 is 1.33 bits per heavy atom. The predicted molar refractivity (Wildman–Crippen MR) is 109 cm³/mol. The van der Waals surface area contributed by atoms with Crippen LogP contribution in [0.15, 0.2) is 29.6 Å². The molecule has 0 saturated carbocycles. The fraction of sp³-hybridized carbons (Fsp3) is 0.444. The molecule has 1 saturated heterocycles. The van der Waals surface area contributed by atoms with Gasteiger partial charge in [-0.3, -0.25) is 14.9 Å². The molecule has 3 rings (SSSR count). The molecule has 1 aliphatic heterocycles. The highest BCUT2D eigenvalue weighted by Crippen LogP contribution is 2.27. The van der Waals surface area contributed by atoms with Crippen LogP contribution in [0.3, 0.4) is 0 Å². The first-order valence-electron chi connectivity index (χ1n) is 8.82. The molecule has 27 heavy (non-hydrogen) atoms. The number of piperidine rings is 1. The van der Waals surface area contributed by atoms with Gasteiger partial charge < -0.3 is 10.2 Å². The molecule has 0 radical (unpaired) electrons. The van der Waals surface area contributed by atoms with Crippen LogP contribution in [0.25, 0.3) is 10.6 Å². The monoisotopic (exact) mass is 410 g/mol. The second-order valence-electron chi connectivity index (χ2n) is 6.32. The smallest absolute Gasteiger partial charge is 0.273 e. The average molecular weight is 411 g/mol. The summed E-state index contributed by atoms with van der Waals surface area (Å²) in [4.78, 5) is 29.8. The van der Waals surface area contributed by atoms with Crippen molar-refractivity contribution in [1.82, 2.24) is 15.2 Å². The van der Waals surface area contributed by atoms with Crippen molar-refractivity contribution in [2.75, 3.05) is 19.6 Å². The zero-order valence-electron chi connectivity index (χ0n) is 15.1. The number of benzene rings is 1. The molecule has 1 fully saturated rings. The van der Waals surface area contributed by atoms with Gasteiger partial charge in [-0.15, -0.1) is 23.7 Å². The number of hydrogen-bond acceptors (Lipinski definition) is 6. The van der Waals surface area contributed by atoms with E-state index in [0.29, 0.717) is 10.7 Å². The Balaban J connectivity index is 0.00000261. The first-order chi connectivity index (χ1) is 12.6. The normalized spacial score (nSPS) is 14.4. The number of thiazole rings is 1. The van der Waals surface area contributed by atoms with E-state index in [-0.39, 0.29) is 30.0 Å². The highest BCUT2D eigenvalue weighted by molar-refractivity contribution is 7.13. The average Bonchev–Trinajstić information content (AvgIpc) is 3.16. The van der Waals surface area contributed by atoms with Crippen molar-refractivity contribution in [3.8, 4) is 10.6 Å². The molecule has 2 aromatic rings. The van der Waals surface area contributed by atoms with E-state index in [1.165, 1.54) is 23.5 Å². The molecule has 1 aromatic carbocycles. The molecule has 1 amide bonds. The lowest BCUT2D eigenvalue weighted by molar-refractivity contribution is -0.384. The molecule has 1 aromatic heterocycles. The van der Waals surface area contributed by atoms with Crippen molar-refractivity contribution in [3.63, 3.8) is 0 Å². The van der Waals surface area contributed by atoms with E-state index in [0.717, 1.165) is 44.5 Å². The molecule has 0 bridgehead atoms. The summed E-state index contributed by atoms with van der Waals surface area (Å²) in [5, 5.41) is 16.6. The van der Waals surface area contributed by atoms with Gasteiger partial charge in [0.15, 0.2) is 0 Å². The third-order valence-electron chi connectivity index (χ3n) is 4.52. The summed E-state index contributed by atoms with van der Waals surface area (Å²) in [7, 11) is 0. The van der Waals surface area contributed by atoms with Crippen LogP contribution in [0.4, 0.5) is 5.69 Å². The zero-order valence-corrected chi connectivity index (χ0v) is 16.7. The van der Waals surface area contributed by atoms with Crippen LogP contribution < -0.4 is 5.32 Å². The Hall–Kier alpha value is -2.03. The summed E-state index contributed by atoms with van der Waals surface area (Å²) in [6.45, 7) is 4.67. The lowest BCUT2D eigenvalue weighted by Crippen LogP contribution is -2.46. The van der Waals surface area contributed by atoms with Gasteiger partial charge in [0, 0.05) is 35.7 Å². The van der Waals surface area contributed by atoms with E-state index in [1.807, 2.05) is 4.90 Å². The maximum atomic E-state index is 13.0. The molecule has 0 atom stereocenters. The SMILES string of the molecule is CCCN(C(=O)c1csc(-c2ccc([N+](=O)[O-])cc2)n1)C1CCNCC1.Cl. The minimum atomic E-state index is -0.428. The number of halogens is 1. The summed E-state index contributed by atoms with van der Waals surface area (Å²) in [6.07, 6.45) is 2.84. The Bertz CT molecular complexity index is 775. The molecule has 1 N–H and O–H groups in total. The number of rotatable bonds is 6. The number of nitro benzene ring substituents is 1. The molecule has 2 heterocycles. The molecule has 1 aliphatic rings. The molecule has 9 heteroatoms. The summed E-state index contributed by atoms with van der Waals surface area (Å²) >= 11 is 1.39. The van der Waals surface area contributed by atoms with E-state index in [1.54, 1.807) is 17.5 Å². The van der Waals surface area contributed by atoms with Crippen molar-refractivity contribution in [1.29, 1.82) is 0 Å². The van der Waals surface area contributed by atoms with Gasteiger partial charge in [0.25, 0.3) is 11.6 Å². The molecule has 0 spiro atoms. The number of non-ortho nitro benzene ring substituents is 1. The van der Waals surface area contributed by atoms with Crippen molar-refractivity contribution >= 4 is 35.3 Å². The number of nitrogens with zero attached hydrogens (tertiary/aromatic N) is 3. The lowest BCUT2D eigenvalue weighted by Gasteiger charge is -2.34. The van der Waals surface area contributed by atoms with Crippen LogP contribution in [0.5, 0.6) is 0 Å². The highest BCUT2D eigenvalue weighted by Gasteiger charge is 2.27. The number of carbonyl (C=O) groups excluding carboxylic acids is 1. The fourth-order valence-corrected chi connectivity index (χ4v) is 3.99. The van der Waals surface area contributed by atoms with E-state index in [9.17, 15) is 14.9 Å². The van der Waals surface area contributed by atoms with Crippen LogP contribution in [0, 0.1) is 10.1 Å². The van der Waals surface area contributed by atoms with Crippen LogP contribution in [0.2, 0.25) is 0 Å². The quantitative estimate of drug-likeness (QED) is 0.578. The van der Waals surface area contributed by atoms with E-state index >= 15 is 0 Å². The third-order valence-corrected chi connectivity index (χ3v) is 5.41. The van der Waals surface area contributed by atoms with Gasteiger partial charge in [0.2, 0.25) is 0 Å². The lowest BCUT2D eigenvalue weighted by atomic mass is 10.0. The second kappa shape index (κ2) is 9.77. The number of aromatic nitrogens is 1. The predicted octanol–water partition coefficient (Wildman–Crippen LogP) is 3.74. The minimum Gasteiger partial charge on any atom is -0.334 e. The number of amides is 1. The van der Waals surface area contributed by atoms with E-state index in [2.05, 4.69) is 17.2 Å². The highest BCUT2D eigenvalue weighted by atomic mass is 35.5.